The summed E-state index contributed by atoms with van der Waals surface area (Å²) >= 11 is 0. The molecule has 3 rings (SSSR count). The molecule has 104 valence electrons. The van der Waals surface area contributed by atoms with E-state index >= 15 is 0 Å². The first-order valence-electron chi connectivity index (χ1n) is 6.77. The SMILES string of the molecule is Cc1ccc(NCc2oc3ccccc3c2C)nc1C#N. The number of aryl methyl sites for hydroxylation is 2. The Kier molecular flexibility index (Phi) is 3.33. The van der Waals surface area contributed by atoms with Crippen LogP contribution in [-0.4, -0.2) is 4.98 Å². The fraction of sp³-hybridized carbons (Fsp3) is 0.176. The molecule has 4 nitrogen and oxygen atoms in total. The summed E-state index contributed by atoms with van der Waals surface area (Å²) in [5.41, 5.74) is 3.34. The molecule has 0 fully saturated rings. The average Bonchev–Trinajstić information content (AvgIpc) is 2.83. The maximum absolute atomic E-state index is 9.01. The summed E-state index contributed by atoms with van der Waals surface area (Å²) < 4.78 is 5.85. The lowest BCUT2D eigenvalue weighted by atomic mass is 10.1. The lowest BCUT2D eigenvalue weighted by Gasteiger charge is -2.05. The molecule has 21 heavy (non-hydrogen) atoms. The van der Waals surface area contributed by atoms with Crippen LogP contribution in [0.2, 0.25) is 0 Å². The Hall–Kier alpha value is -2.80. The third kappa shape index (κ3) is 2.46. The van der Waals surface area contributed by atoms with Gasteiger partial charge in [0.2, 0.25) is 0 Å². The molecule has 3 aromatic rings. The number of nitrogens with one attached hydrogen (secondary N) is 1. The summed E-state index contributed by atoms with van der Waals surface area (Å²) in [7, 11) is 0. The van der Waals surface area contributed by atoms with Gasteiger partial charge in [-0.25, -0.2) is 4.98 Å². The molecule has 0 aliphatic heterocycles. The predicted molar refractivity (Wildman–Crippen MR) is 82.0 cm³/mol. The minimum absolute atomic E-state index is 0.446. The van der Waals surface area contributed by atoms with Crippen molar-refractivity contribution in [2.24, 2.45) is 0 Å². The minimum atomic E-state index is 0.446. The monoisotopic (exact) mass is 277 g/mol. The van der Waals surface area contributed by atoms with Gasteiger partial charge in [0.15, 0.2) is 0 Å². The van der Waals surface area contributed by atoms with E-state index in [9.17, 15) is 0 Å². The van der Waals surface area contributed by atoms with Crippen LogP contribution in [-0.2, 0) is 6.54 Å². The average molecular weight is 277 g/mol. The first-order chi connectivity index (χ1) is 10.2. The van der Waals surface area contributed by atoms with Crippen molar-refractivity contribution < 1.29 is 4.42 Å². The number of fused-ring (bicyclic) bond motifs is 1. The van der Waals surface area contributed by atoms with Crippen LogP contribution in [0, 0.1) is 25.2 Å². The van der Waals surface area contributed by atoms with Crippen LogP contribution in [0.25, 0.3) is 11.0 Å². The van der Waals surface area contributed by atoms with Crippen molar-refractivity contribution in [2.45, 2.75) is 20.4 Å². The summed E-state index contributed by atoms with van der Waals surface area (Å²) in [5.74, 6) is 1.56. The molecule has 0 saturated heterocycles. The summed E-state index contributed by atoms with van der Waals surface area (Å²) in [6, 6.07) is 13.8. The van der Waals surface area contributed by atoms with Gasteiger partial charge in [-0.3, -0.25) is 0 Å². The number of hydrogen-bond acceptors (Lipinski definition) is 4. The zero-order valence-electron chi connectivity index (χ0n) is 12.0. The molecule has 0 aliphatic carbocycles. The van der Waals surface area contributed by atoms with Gasteiger partial charge < -0.3 is 9.73 Å². The molecule has 0 spiro atoms. The van der Waals surface area contributed by atoms with Crippen LogP contribution in [0.3, 0.4) is 0 Å². The summed E-state index contributed by atoms with van der Waals surface area (Å²) in [6.45, 7) is 4.46. The molecular weight excluding hydrogens is 262 g/mol. The molecule has 0 bridgehead atoms. The summed E-state index contributed by atoms with van der Waals surface area (Å²) in [4.78, 5) is 4.28. The van der Waals surface area contributed by atoms with Crippen molar-refractivity contribution in [1.29, 1.82) is 5.26 Å². The fourth-order valence-electron chi connectivity index (χ4n) is 2.30. The highest BCUT2D eigenvalue weighted by Gasteiger charge is 2.10. The first kappa shape index (κ1) is 13.2. The third-order valence-corrected chi connectivity index (χ3v) is 3.58. The normalized spacial score (nSPS) is 10.5. The Bertz CT molecular complexity index is 843. The Morgan fingerprint density at radius 3 is 2.76 bits per heavy atom. The number of benzene rings is 1. The smallest absolute Gasteiger partial charge is 0.145 e. The Morgan fingerprint density at radius 2 is 2.00 bits per heavy atom. The molecule has 1 aromatic carbocycles. The van der Waals surface area contributed by atoms with Crippen molar-refractivity contribution in [3.8, 4) is 6.07 Å². The highest BCUT2D eigenvalue weighted by atomic mass is 16.3. The number of nitriles is 1. The topological polar surface area (TPSA) is 61.9 Å². The zero-order valence-corrected chi connectivity index (χ0v) is 12.0. The van der Waals surface area contributed by atoms with Gasteiger partial charge in [-0.15, -0.1) is 0 Å². The van der Waals surface area contributed by atoms with Crippen molar-refractivity contribution in [1.82, 2.24) is 4.98 Å². The Labute approximate surface area is 123 Å². The van der Waals surface area contributed by atoms with Gasteiger partial charge in [0.1, 0.15) is 28.9 Å². The van der Waals surface area contributed by atoms with Gasteiger partial charge in [0.25, 0.3) is 0 Å². The predicted octanol–water partition coefficient (Wildman–Crippen LogP) is 3.93. The summed E-state index contributed by atoms with van der Waals surface area (Å²) in [5, 5.41) is 13.3. The largest absolute Gasteiger partial charge is 0.459 e. The quantitative estimate of drug-likeness (QED) is 0.788. The van der Waals surface area contributed by atoms with Crippen LogP contribution in [0.5, 0.6) is 0 Å². The number of furan rings is 1. The number of anilines is 1. The molecule has 0 radical (unpaired) electrons. The standard InChI is InChI=1S/C17H15N3O/c1-11-7-8-17(20-14(11)9-18)19-10-16-12(2)13-5-3-4-6-15(13)21-16/h3-8H,10H2,1-2H3,(H,19,20). The molecule has 0 aliphatic rings. The molecule has 0 atom stereocenters. The van der Waals surface area contributed by atoms with Gasteiger partial charge in [-0.1, -0.05) is 24.3 Å². The Balaban J connectivity index is 1.84. The van der Waals surface area contributed by atoms with Gasteiger partial charge in [0.05, 0.1) is 6.54 Å². The molecule has 2 heterocycles. The molecule has 0 saturated carbocycles. The van der Waals surface area contributed by atoms with Crippen molar-refractivity contribution in [2.75, 3.05) is 5.32 Å². The van der Waals surface area contributed by atoms with Crippen LogP contribution in [0.1, 0.15) is 22.6 Å². The van der Waals surface area contributed by atoms with E-state index in [1.807, 2.05) is 44.2 Å². The molecular formula is C17H15N3O. The van der Waals surface area contributed by atoms with Crippen LogP contribution in [0.4, 0.5) is 5.82 Å². The zero-order chi connectivity index (χ0) is 14.8. The van der Waals surface area contributed by atoms with Gasteiger partial charge >= 0.3 is 0 Å². The van der Waals surface area contributed by atoms with Crippen molar-refractivity contribution in [3.63, 3.8) is 0 Å². The van der Waals surface area contributed by atoms with E-state index in [0.717, 1.165) is 27.9 Å². The van der Waals surface area contributed by atoms with Crippen molar-refractivity contribution >= 4 is 16.8 Å². The van der Waals surface area contributed by atoms with E-state index in [-0.39, 0.29) is 0 Å². The van der Waals surface area contributed by atoms with E-state index < -0.39 is 0 Å². The van der Waals surface area contributed by atoms with Crippen LogP contribution in [0.15, 0.2) is 40.8 Å². The number of hydrogen-bond donors (Lipinski definition) is 1. The third-order valence-electron chi connectivity index (χ3n) is 3.58. The molecule has 4 heteroatoms. The number of rotatable bonds is 3. The van der Waals surface area contributed by atoms with E-state index in [1.165, 1.54) is 0 Å². The Morgan fingerprint density at radius 1 is 1.19 bits per heavy atom. The second-order valence-electron chi connectivity index (χ2n) is 4.97. The molecule has 1 N–H and O–H groups in total. The van der Waals surface area contributed by atoms with Crippen LogP contribution >= 0.6 is 0 Å². The van der Waals surface area contributed by atoms with Crippen LogP contribution < -0.4 is 5.32 Å². The van der Waals surface area contributed by atoms with Gasteiger partial charge in [-0.05, 0) is 31.5 Å². The summed E-state index contributed by atoms with van der Waals surface area (Å²) in [6.07, 6.45) is 0. The fourth-order valence-corrected chi connectivity index (χ4v) is 2.30. The molecule has 0 unspecified atom stereocenters. The lowest BCUT2D eigenvalue weighted by Crippen LogP contribution is -2.03. The maximum Gasteiger partial charge on any atom is 0.145 e. The number of pyridine rings is 1. The number of aromatic nitrogens is 1. The highest BCUT2D eigenvalue weighted by molar-refractivity contribution is 5.81. The maximum atomic E-state index is 9.01. The van der Waals surface area contributed by atoms with E-state index in [1.54, 1.807) is 0 Å². The minimum Gasteiger partial charge on any atom is -0.459 e. The van der Waals surface area contributed by atoms with E-state index in [4.69, 9.17) is 9.68 Å². The van der Waals surface area contributed by atoms with E-state index in [2.05, 4.69) is 22.4 Å². The second-order valence-corrected chi connectivity index (χ2v) is 4.97. The number of nitrogens with zero attached hydrogens (tertiary/aromatic N) is 2. The molecule has 2 aromatic heterocycles. The van der Waals surface area contributed by atoms with E-state index in [0.29, 0.717) is 18.1 Å². The van der Waals surface area contributed by atoms with Crippen molar-refractivity contribution in [3.05, 3.63) is 59.0 Å². The lowest BCUT2D eigenvalue weighted by molar-refractivity contribution is 0.555. The molecule has 0 amide bonds. The first-order valence-corrected chi connectivity index (χ1v) is 6.77. The second kappa shape index (κ2) is 5.29. The van der Waals surface area contributed by atoms with Gasteiger partial charge in [0, 0.05) is 10.9 Å². The van der Waals surface area contributed by atoms with Gasteiger partial charge in [-0.2, -0.15) is 5.26 Å². The number of para-hydroxylation sites is 1. The highest BCUT2D eigenvalue weighted by Crippen LogP contribution is 2.25.